The maximum Gasteiger partial charge on any atom is 0.267 e. The Bertz CT molecular complexity index is 1160. The van der Waals surface area contributed by atoms with Crippen molar-refractivity contribution in [3.05, 3.63) is 59.5 Å². The van der Waals surface area contributed by atoms with Crippen molar-refractivity contribution in [3.8, 4) is 16.9 Å². The first-order valence-electron chi connectivity index (χ1n) is 9.42. The lowest BCUT2D eigenvalue weighted by molar-refractivity contribution is -0.134. The molecule has 30 heavy (non-hydrogen) atoms. The van der Waals surface area contributed by atoms with E-state index < -0.39 is 18.0 Å². The fourth-order valence-corrected chi connectivity index (χ4v) is 3.67. The molecule has 0 spiro atoms. The van der Waals surface area contributed by atoms with Crippen LogP contribution in [0.15, 0.2) is 42.5 Å². The van der Waals surface area contributed by atoms with Crippen LogP contribution in [-0.2, 0) is 11.3 Å². The minimum atomic E-state index is -0.818. The number of primary amides is 1. The summed E-state index contributed by atoms with van der Waals surface area (Å²) in [6.45, 7) is 0.213. The van der Waals surface area contributed by atoms with E-state index >= 15 is 0 Å². The Morgan fingerprint density at radius 1 is 1.27 bits per heavy atom. The summed E-state index contributed by atoms with van der Waals surface area (Å²) in [5.74, 6) is -0.988. The number of nitrogens with zero attached hydrogens (tertiary/aromatic N) is 2. The van der Waals surface area contributed by atoms with E-state index in [0.29, 0.717) is 35.1 Å². The average molecular weight is 409 g/mol. The van der Waals surface area contributed by atoms with Gasteiger partial charge in [-0.3, -0.25) is 9.59 Å². The highest BCUT2D eigenvalue weighted by Gasteiger charge is 2.29. The zero-order valence-corrected chi connectivity index (χ0v) is 16.3. The minimum Gasteiger partial charge on any atom is -0.497 e. The van der Waals surface area contributed by atoms with Crippen LogP contribution in [0, 0.1) is 5.82 Å². The summed E-state index contributed by atoms with van der Waals surface area (Å²) in [4.78, 5) is 29.5. The van der Waals surface area contributed by atoms with E-state index in [2.05, 4.69) is 4.98 Å². The van der Waals surface area contributed by atoms with E-state index in [9.17, 15) is 19.1 Å². The van der Waals surface area contributed by atoms with Crippen LogP contribution in [0.25, 0.3) is 22.0 Å². The Morgan fingerprint density at radius 2 is 2.07 bits per heavy atom. The highest BCUT2D eigenvalue weighted by atomic mass is 19.1. The van der Waals surface area contributed by atoms with E-state index in [1.807, 2.05) is 0 Å². The zero-order valence-electron chi connectivity index (χ0n) is 16.3. The molecule has 8 heteroatoms. The summed E-state index contributed by atoms with van der Waals surface area (Å²) in [6, 6.07) is 11.2. The van der Waals surface area contributed by atoms with Crippen LogP contribution in [0.4, 0.5) is 4.39 Å². The van der Waals surface area contributed by atoms with Crippen molar-refractivity contribution in [2.24, 2.45) is 5.73 Å². The number of amides is 2. The number of hydrogen-bond donors (Lipinski definition) is 2. The first kappa shape index (κ1) is 19.8. The van der Waals surface area contributed by atoms with Gasteiger partial charge in [0.15, 0.2) is 0 Å². The number of hydrogen-bond acceptors (Lipinski definition) is 5. The van der Waals surface area contributed by atoms with Gasteiger partial charge >= 0.3 is 0 Å². The van der Waals surface area contributed by atoms with Crippen molar-refractivity contribution in [1.82, 2.24) is 9.88 Å². The summed E-state index contributed by atoms with van der Waals surface area (Å²) in [5, 5.41) is 10.6. The molecule has 0 bridgehead atoms. The van der Waals surface area contributed by atoms with E-state index in [1.54, 1.807) is 30.3 Å². The first-order valence-corrected chi connectivity index (χ1v) is 9.42. The monoisotopic (exact) mass is 409 g/mol. The number of nitrogens with two attached hydrogens (primary N) is 1. The molecule has 2 aromatic carbocycles. The lowest BCUT2D eigenvalue weighted by Crippen LogP contribution is -2.32. The summed E-state index contributed by atoms with van der Waals surface area (Å²) in [6.07, 6.45) is -0.112. The van der Waals surface area contributed by atoms with Gasteiger partial charge in [0, 0.05) is 36.4 Å². The summed E-state index contributed by atoms with van der Waals surface area (Å²) in [5.41, 5.74) is 7.36. The Kier molecular flexibility index (Phi) is 5.09. The van der Waals surface area contributed by atoms with Gasteiger partial charge in [0.25, 0.3) is 5.91 Å². The second kappa shape index (κ2) is 7.72. The number of aromatic nitrogens is 1. The molecule has 4 rings (SSSR count). The number of rotatable bonds is 5. The maximum absolute atomic E-state index is 14.7. The number of benzene rings is 2. The molecular weight excluding hydrogens is 389 g/mol. The van der Waals surface area contributed by atoms with Crippen molar-refractivity contribution < 1.29 is 23.8 Å². The Morgan fingerprint density at radius 3 is 2.70 bits per heavy atom. The van der Waals surface area contributed by atoms with Crippen LogP contribution < -0.4 is 10.5 Å². The predicted molar refractivity (Wildman–Crippen MR) is 108 cm³/mol. The molecule has 0 radical (unpaired) electrons. The third-order valence-corrected chi connectivity index (χ3v) is 5.24. The van der Waals surface area contributed by atoms with Gasteiger partial charge in [-0.1, -0.05) is 12.1 Å². The number of aliphatic hydroxyl groups is 1. The molecule has 1 unspecified atom stereocenters. The van der Waals surface area contributed by atoms with Crippen LogP contribution in [0.3, 0.4) is 0 Å². The number of likely N-dealkylation sites (tertiary alicyclic amines) is 1. The molecule has 2 heterocycles. The van der Waals surface area contributed by atoms with Gasteiger partial charge in [-0.15, -0.1) is 0 Å². The lowest BCUT2D eigenvalue weighted by atomic mass is 9.98. The third-order valence-electron chi connectivity index (χ3n) is 5.24. The van der Waals surface area contributed by atoms with Gasteiger partial charge in [-0.2, -0.15) is 0 Å². The number of fused-ring (bicyclic) bond motifs is 1. The fraction of sp³-hybridized carbons (Fsp3) is 0.227. The van der Waals surface area contributed by atoms with Crippen LogP contribution >= 0.6 is 0 Å². The van der Waals surface area contributed by atoms with E-state index in [0.717, 1.165) is 5.56 Å². The standard InChI is InChI=1S/C22H20FN3O4/c1-30-13-3-5-14(17(23)9-13)16-10-19(22(24)29)25-18-8-12(2-4-15(16)18)11-26-20(27)6-7-21(26)28/h2-5,8-10,20,27H,6-7,11H2,1H3,(H2,24,29). The van der Waals surface area contributed by atoms with E-state index in [-0.39, 0.29) is 23.7 Å². The van der Waals surface area contributed by atoms with Crippen LogP contribution in [0.1, 0.15) is 28.9 Å². The number of carbonyl (C=O) groups excluding carboxylic acids is 2. The van der Waals surface area contributed by atoms with Crippen molar-refractivity contribution in [2.75, 3.05) is 7.11 Å². The second-order valence-corrected chi connectivity index (χ2v) is 7.16. The van der Waals surface area contributed by atoms with Gasteiger partial charge in [-0.25, -0.2) is 9.37 Å². The maximum atomic E-state index is 14.7. The Balaban J connectivity index is 1.83. The molecule has 3 aromatic rings. The quantitative estimate of drug-likeness (QED) is 0.674. The predicted octanol–water partition coefficient (Wildman–Crippen LogP) is 2.59. The Labute approximate surface area is 171 Å². The van der Waals surface area contributed by atoms with Crippen molar-refractivity contribution in [3.63, 3.8) is 0 Å². The highest BCUT2D eigenvalue weighted by molar-refractivity contribution is 6.01. The smallest absolute Gasteiger partial charge is 0.267 e. The summed E-state index contributed by atoms with van der Waals surface area (Å²) in [7, 11) is 1.45. The molecule has 1 aliphatic heterocycles. The molecule has 1 fully saturated rings. The number of carbonyl (C=O) groups is 2. The second-order valence-electron chi connectivity index (χ2n) is 7.16. The molecule has 1 atom stereocenters. The average Bonchev–Trinajstić information content (AvgIpc) is 3.04. The third kappa shape index (κ3) is 3.57. The zero-order chi connectivity index (χ0) is 21.4. The van der Waals surface area contributed by atoms with Gasteiger partial charge in [0.05, 0.1) is 12.6 Å². The van der Waals surface area contributed by atoms with Crippen molar-refractivity contribution >= 4 is 22.7 Å². The van der Waals surface area contributed by atoms with Gasteiger partial charge in [0.1, 0.15) is 23.5 Å². The summed E-state index contributed by atoms with van der Waals surface area (Å²) < 4.78 is 19.8. The SMILES string of the molecule is COc1ccc(-c2cc(C(N)=O)nc3cc(CN4C(=O)CCC4O)ccc23)c(F)c1. The molecule has 2 amide bonds. The van der Waals surface area contributed by atoms with Crippen LogP contribution in [-0.4, -0.2) is 40.1 Å². The number of pyridine rings is 1. The van der Waals surface area contributed by atoms with Crippen LogP contribution in [0.2, 0.25) is 0 Å². The highest BCUT2D eigenvalue weighted by Crippen LogP contribution is 2.33. The molecule has 3 N–H and O–H groups in total. The topological polar surface area (TPSA) is 106 Å². The van der Waals surface area contributed by atoms with Crippen LogP contribution in [0.5, 0.6) is 5.75 Å². The number of methoxy groups -OCH3 is 1. The number of halogens is 1. The molecule has 0 aliphatic carbocycles. The largest absolute Gasteiger partial charge is 0.497 e. The molecule has 7 nitrogen and oxygen atoms in total. The van der Waals surface area contributed by atoms with Crippen molar-refractivity contribution in [2.45, 2.75) is 25.6 Å². The van der Waals surface area contributed by atoms with E-state index in [1.165, 1.54) is 24.1 Å². The summed E-state index contributed by atoms with van der Waals surface area (Å²) >= 11 is 0. The van der Waals surface area contributed by atoms with Gasteiger partial charge in [-0.05, 0) is 35.4 Å². The molecule has 1 saturated heterocycles. The Hall–Kier alpha value is -3.52. The molecule has 0 saturated carbocycles. The number of aliphatic hydroxyl groups excluding tert-OH is 1. The van der Waals surface area contributed by atoms with Crippen molar-refractivity contribution in [1.29, 1.82) is 0 Å². The van der Waals surface area contributed by atoms with E-state index in [4.69, 9.17) is 10.5 Å². The van der Waals surface area contributed by atoms with Gasteiger partial charge in [0.2, 0.25) is 5.91 Å². The fourth-order valence-electron chi connectivity index (χ4n) is 3.67. The normalized spacial score (nSPS) is 16.3. The lowest BCUT2D eigenvalue weighted by Gasteiger charge is -2.20. The first-order chi connectivity index (χ1) is 14.4. The minimum absolute atomic E-state index is 0.00199. The molecule has 154 valence electrons. The molecular formula is C22H20FN3O4. The van der Waals surface area contributed by atoms with Gasteiger partial charge < -0.3 is 20.5 Å². The molecule has 1 aliphatic rings. The molecule has 1 aromatic heterocycles. The number of ether oxygens (including phenoxy) is 1.